The number of hydrogen-bond acceptors (Lipinski definition) is 3. The lowest BCUT2D eigenvalue weighted by Gasteiger charge is -2.15. The molecule has 3 amide bonds. The maximum Gasteiger partial charge on any atom is 0.416 e. The van der Waals surface area contributed by atoms with Crippen molar-refractivity contribution in [2.24, 2.45) is 0 Å². The summed E-state index contributed by atoms with van der Waals surface area (Å²) in [6, 6.07) is 10.5. The van der Waals surface area contributed by atoms with Gasteiger partial charge < -0.3 is 16.0 Å². The molecule has 1 atom stereocenters. The summed E-state index contributed by atoms with van der Waals surface area (Å²) < 4.78 is 37.6. The Balaban J connectivity index is 1.91. The van der Waals surface area contributed by atoms with Crippen molar-refractivity contribution in [3.63, 3.8) is 0 Å². The summed E-state index contributed by atoms with van der Waals surface area (Å²) in [5.41, 5.74) is 0.0808. The molecule has 0 aliphatic rings. The molecule has 0 saturated heterocycles. The molecule has 2 aromatic carbocycles. The zero-order valence-corrected chi connectivity index (χ0v) is 14.1. The maximum absolute atomic E-state index is 12.5. The molecule has 2 aromatic rings. The van der Waals surface area contributed by atoms with Crippen LogP contribution >= 0.6 is 0 Å². The maximum atomic E-state index is 12.5. The number of anilines is 2. The molecular formula is C18H15F3N4O2. The van der Waals surface area contributed by atoms with Gasteiger partial charge in [0.25, 0.3) is 0 Å². The number of rotatable bonds is 4. The predicted octanol–water partition coefficient (Wildman–Crippen LogP) is 3.73. The van der Waals surface area contributed by atoms with E-state index < -0.39 is 29.7 Å². The number of alkyl halides is 3. The van der Waals surface area contributed by atoms with Gasteiger partial charge in [-0.05, 0) is 49.4 Å². The molecule has 0 bridgehead atoms. The smallest absolute Gasteiger partial charge is 0.326 e. The standard InChI is InChI=1S/C18H15F3N4O2/c1-11(23-17(27)25-15-4-2-3-12(9-15)10-22)16(26)24-14-7-5-13(6-8-14)18(19,20)21/h2-9,11H,1H3,(H,24,26)(H2,23,25,27). The number of nitrogens with one attached hydrogen (secondary N) is 3. The van der Waals surface area contributed by atoms with E-state index in [4.69, 9.17) is 5.26 Å². The topological polar surface area (TPSA) is 94.0 Å². The van der Waals surface area contributed by atoms with Crippen molar-refractivity contribution >= 4 is 23.3 Å². The first-order valence-corrected chi connectivity index (χ1v) is 7.75. The monoisotopic (exact) mass is 376 g/mol. The Morgan fingerprint density at radius 1 is 1.04 bits per heavy atom. The van der Waals surface area contributed by atoms with Crippen molar-refractivity contribution in [2.75, 3.05) is 10.6 Å². The van der Waals surface area contributed by atoms with Gasteiger partial charge in [-0.15, -0.1) is 0 Å². The van der Waals surface area contributed by atoms with E-state index >= 15 is 0 Å². The number of hydrogen-bond donors (Lipinski definition) is 3. The minimum atomic E-state index is -4.46. The van der Waals surface area contributed by atoms with Gasteiger partial charge in [0, 0.05) is 11.4 Å². The highest BCUT2D eigenvalue weighted by atomic mass is 19.4. The quantitative estimate of drug-likeness (QED) is 0.759. The Kier molecular flexibility index (Phi) is 6.03. The molecule has 27 heavy (non-hydrogen) atoms. The van der Waals surface area contributed by atoms with Gasteiger partial charge >= 0.3 is 12.2 Å². The SMILES string of the molecule is CC(NC(=O)Nc1cccc(C#N)c1)C(=O)Nc1ccc(C(F)(F)F)cc1. The minimum absolute atomic E-state index is 0.170. The lowest BCUT2D eigenvalue weighted by Crippen LogP contribution is -2.43. The highest BCUT2D eigenvalue weighted by molar-refractivity contribution is 5.99. The third-order valence-corrected chi connectivity index (χ3v) is 3.47. The fourth-order valence-electron chi connectivity index (χ4n) is 2.09. The molecule has 6 nitrogen and oxygen atoms in total. The summed E-state index contributed by atoms with van der Waals surface area (Å²) in [5.74, 6) is -0.601. The summed E-state index contributed by atoms with van der Waals surface area (Å²) in [6.07, 6.45) is -4.46. The van der Waals surface area contributed by atoms with Gasteiger partial charge in [-0.1, -0.05) is 6.07 Å². The van der Waals surface area contributed by atoms with Crippen molar-refractivity contribution in [1.82, 2.24) is 5.32 Å². The number of nitrogens with zero attached hydrogens (tertiary/aromatic N) is 1. The summed E-state index contributed by atoms with van der Waals surface area (Å²) in [4.78, 5) is 24.0. The number of benzene rings is 2. The van der Waals surface area contributed by atoms with Crippen LogP contribution in [-0.4, -0.2) is 18.0 Å². The third-order valence-electron chi connectivity index (χ3n) is 3.47. The van der Waals surface area contributed by atoms with Crippen LogP contribution in [0.4, 0.5) is 29.3 Å². The summed E-state index contributed by atoms with van der Waals surface area (Å²) >= 11 is 0. The molecule has 0 fully saturated rings. The van der Waals surface area contributed by atoms with E-state index in [2.05, 4.69) is 16.0 Å². The van der Waals surface area contributed by atoms with E-state index in [1.165, 1.54) is 13.0 Å². The third kappa shape index (κ3) is 5.74. The molecule has 1 unspecified atom stereocenters. The van der Waals surface area contributed by atoms with Crippen molar-refractivity contribution in [3.8, 4) is 6.07 Å². The fraction of sp³-hybridized carbons (Fsp3) is 0.167. The van der Waals surface area contributed by atoms with Crippen LogP contribution in [0.3, 0.4) is 0 Å². The normalized spacial score (nSPS) is 11.8. The summed E-state index contributed by atoms with van der Waals surface area (Å²) in [5, 5.41) is 16.1. The Bertz CT molecular complexity index is 873. The van der Waals surface area contributed by atoms with E-state index in [-0.39, 0.29) is 5.69 Å². The summed E-state index contributed by atoms with van der Waals surface area (Å²) in [7, 11) is 0. The van der Waals surface area contributed by atoms with Crippen LogP contribution in [-0.2, 0) is 11.0 Å². The van der Waals surface area contributed by atoms with Gasteiger partial charge in [0.15, 0.2) is 0 Å². The lowest BCUT2D eigenvalue weighted by atomic mass is 10.2. The van der Waals surface area contributed by atoms with Crippen LogP contribution < -0.4 is 16.0 Å². The average Bonchev–Trinajstić information content (AvgIpc) is 2.61. The van der Waals surface area contributed by atoms with Crippen molar-refractivity contribution in [1.29, 1.82) is 5.26 Å². The molecule has 140 valence electrons. The zero-order valence-electron chi connectivity index (χ0n) is 14.1. The molecule has 0 aromatic heterocycles. The second kappa shape index (κ2) is 8.23. The van der Waals surface area contributed by atoms with E-state index in [0.29, 0.717) is 11.3 Å². The highest BCUT2D eigenvalue weighted by Crippen LogP contribution is 2.29. The number of urea groups is 1. The van der Waals surface area contributed by atoms with Crippen molar-refractivity contribution < 1.29 is 22.8 Å². The molecular weight excluding hydrogens is 361 g/mol. The second-order valence-corrected chi connectivity index (χ2v) is 5.58. The molecule has 0 radical (unpaired) electrons. The fourth-order valence-corrected chi connectivity index (χ4v) is 2.09. The van der Waals surface area contributed by atoms with Gasteiger partial charge in [-0.25, -0.2) is 4.79 Å². The van der Waals surface area contributed by atoms with Crippen LogP contribution in [0.25, 0.3) is 0 Å². The number of halogens is 3. The molecule has 0 spiro atoms. The Labute approximate surface area is 153 Å². The first-order chi connectivity index (χ1) is 12.7. The van der Waals surface area contributed by atoms with Gasteiger partial charge in [0.2, 0.25) is 5.91 Å². The molecule has 2 rings (SSSR count). The van der Waals surface area contributed by atoms with Crippen molar-refractivity contribution in [2.45, 2.75) is 19.1 Å². The zero-order chi connectivity index (χ0) is 20.0. The van der Waals surface area contributed by atoms with Gasteiger partial charge in [0.05, 0.1) is 17.2 Å². The Morgan fingerprint density at radius 3 is 2.30 bits per heavy atom. The van der Waals surface area contributed by atoms with Crippen LogP contribution in [0.15, 0.2) is 48.5 Å². The minimum Gasteiger partial charge on any atom is -0.326 e. The van der Waals surface area contributed by atoms with Gasteiger partial charge in [-0.3, -0.25) is 4.79 Å². The van der Waals surface area contributed by atoms with E-state index in [0.717, 1.165) is 24.3 Å². The van der Waals surface area contributed by atoms with Crippen molar-refractivity contribution in [3.05, 3.63) is 59.7 Å². The Hall–Kier alpha value is -3.54. The van der Waals surface area contributed by atoms with Gasteiger partial charge in [-0.2, -0.15) is 18.4 Å². The predicted molar refractivity (Wildman–Crippen MR) is 92.8 cm³/mol. The largest absolute Gasteiger partial charge is 0.416 e. The van der Waals surface area contributed by atoms with Crippen LogP contribution in [0.5, 0.6) is 0 Å². The van der Waals surface area contributed by atoms with Crippen LogP contribution in [0.2, 0.25) is 0 Å². The van der Waals surface area contributed by atoms with Crippen LogP contribution in [0.1, 0.15) is 18.1 Å². The lowest BCUT2D eigenvalue weighted by molar-refractivity contribution is -0.137. The first kappa shape index (κ1) is 19.8. The highest BCUT2D eigenvalue weighted by Gasteiger charge is 2.30. The molecule has 0 heterocycles. The van der Waals surface area contributed by atoms with E-state index in [1.807, 2.05) is 6.07 Å². The number of nitriles is 1. The molecule has 0 aliphatic heterocycles. The number of carbonyl (C=O) groups is 2. The molecule has 0 saturated carbocycles. The second-order valence-electron chi connectivity index (χ2n) is 5.58. The average molecular weight is 376 g/mol. The van der Waals surface area contributed by atoms with Crippen LogP contribution in [0, 0.1) is 11.3 Å². The Morgan fingerprint density at radius 2 is 1.70 bits per heavy atom. The molecule has 0 aliphatic carbocycles. The van der Waals surface area contributed by atoms with E-state index in [9.17, 15) is 22.8 Å². The molecule has 3 N–H and O–H groups in total. The van der Waals surface area contributed by atoms with E-state index in [1.54, 1.807) is 18.2 Å². The van der Waals surface area contributed by atoms with Gasteiger partial charge in [0.1, 0.15) is 6.04 Å². The summed E-state index contributed by atoms with van der Waals surface area (Å²) in [6.45, 7) is 1.42. The number of amides is 3. The molecule has 9 heteroatoms. The number of carbonyl (C=O) groups excluding carboxylic acids is 2. The first-order valence-electron chi connectivity index (χ1n) is 7.75.